The summed E-state index contributed by atoms with van der Waals surface area (Å²) in [6.07, 6.45) is 0.365. The number of hydrogen-bond donors (Lipinski definition) is 1. The summed E-state index contributed by atoms with van der Waals surface area (Å²) in [5.74, 6) is 0.0653. The number of hydrogen-bond acceptors (Lipinski definition) is 3. The Morgan fingerprint density at radius 2 is 1.71 bits per heavy atom. The van der Waals surface area contributed by atoms with E-state index in [1.54, 1.807) is 29.2 Å². The van der Waals surface area contributed by atoms with E-state index in [1.165, 1.54) is 0 Å². The van der Waals surface area contributed by atoms with Gasteiger partial charge in [-0.15, -0.1) is 0 Å². The van der Waals surface area contributed by atoms with E-state index < -0.39 is 6.04 Å². The zero-order valence-corrected chi connectivity index (χ0v) is 20.8. The summed E-state index contributed by atoms with van der Waals surface area (Å²) in [5, 5.41) is 3.68. The minimum absolute atomic E-state index is 0.182. The molecule has 0 spiro atoms. The predicted molar refractivity (Wildman–Crippen MR) is 136 cm³/mol. The van der Waals surface area contributed by atoms with Gasteiger partial charge in [-0.05, 0) is 54.8 Å². The predicted octanol–water partition coefficient (Wildman–Crippen LogP) is 5.46. The van der Waals surface area contributed by atoms with Gasteiger partial charge in [0.1, 0.15) is 11.8 Å². The first-order valence-corrected chi connectivity index (χ1v) is 11.9. The number of amides is 2. The van der Waals surface area contributed by atoms with E-state index in [9.17, 15) is 9.59 Å². The second-order valence-electron chi connectivity index (χ2n) is 7.98. The molecule has 1 atom stereocenters. The molecule has 2 amide bonds. The van der Waals surface area contributed by atoms with Gasteiger partial charge in [-0.25, -0.2) is 0 Å². The van der Waals surface area contributed by atoms with Gasteiger partial charge in [0.15, 0.2) is 6.61 Å². The normalized spacial score (nSPS) is 11.5. The van der Waals surface area contributed by atoms with Crippen molar-refractivity contribution < 1.29 is 14.3 Å². The van der Waals surface area contributed by atoms with E-state index in [0.717, 1.165) is 16.7 Å². The van der Waals surface area contributed by atoms with E-state index in [1.807, 2.05) is 62.4 Å². The van der Waals surface area contributed by atoms with Crippen LogP contribution in [0.5, 0.6) is 5.75 Å². The Morgan fingerprint density at radius 3 is 2.38 bits per heavy atom. The Bertz CT molecular complexity index is 1120. The van der Waals surface area contributed by atoms with Gasteiger partial charge in [-0.1, -0.05) is 71.7 Å². The molecular weight excluding hydrogens is 471 g/mol. The van der Waals surface area contributed by atoms with Crippen LogP contribution in [0.3, 0.4) is 0 Å². The lowest BCUT2D eigenvalue weighted by Crippen LogP contribution is -2.51. The molecule has 3 rings (SSSR count). The highest BCUT2D eigenvalue weighted by Crippen LogP contribution is 2.24. The monoisotopic (exact) mass is 498 g/mol. The van der Waals surface area contributed by atoms with Crippen LogP contribution in [0.15, 0.2) is 72.8 Å². The molecule has 0 bridgehead atoms. The highest BCUT2D eigenvalue weighted by molar-refractivity contribution is 6.42. The third-order valence-corrected chi connectivity index (χ3v) is 6.05. The quantitative estimate of drug-likeness (QED) is 0.403. The lowest BCUT2D eigenvalue weighted by Gasteiger charge is -2.31. The van der Waals surface area contributed by atoms with E-state index in [4.69, 9.17) is 27.9 Å². The van der Waals surface area contributed by atoms with Crippen molar-refractivity contribution in [2.24, 2.45) is 0 Å². The number of carbonyl (C=O) groups excluding carboxylic acids is 2. The van der Waals surface area contributed by atoms with Crippen LogP contribution in [0.4, 0.5) is 0 Å². The van der Waals surface area contributed by atoms with Crippen molar-refractivity contribution >= 4 is 35.0 Å². The summed E-state index contributed by atoms with van der Waals surface area (Å²) in [6.45, 7) is 4.25. The summed E-state index contributed by atoms with van der Waals surface area (Å²) in [5.41, 5.74) is 2.74. The van der Waals surface area contributed by atoms with Crippen molar-refractivity contribution in [3.05, 3.63) is 99.5 Å². The van der Waals surface area contributed by atoms with E-state index in [2.05, 4.69) is 5.32 Å². The van der Waals surface area contributed by atoms with Crippen molar-refractivity contribution in [2.75, 3.05) is 13.2 Å². The molecule has 3 aromatic rings. The van der Waals surface area contributed by atoms with Crippen molar-refractivity contribution in [3.8, 4) is 5.75 Å². The molecule has 0 radical (unpaired) electrons. The van der Waals surface area contributed by atoms with E-state index in [-0.39, 0.29) is 25.0 Å². The molecule has 0 heterocycles. The summed E-state index contributed by atoms with van der Waals surface area (Å²) in [6, 6.07) is 21.6. The molecule has 1 N–H and O–H groups in total. The van der Waals surface area contributed by atoms with Gasteiger partial charge in [0.2, 0.25) is 5.91 Å². The van der Waals surface area contributed by atoms with Crippen LogP contribution in [0.1, 0.15) is 23.6 Å². The topological polar surface area (TPSA) is 58.6 Å². The fourth-order valence-corrected chi connectivity index (χ4v) is 3.93. The maximum atomic E-state index is 13.5. The SMILES string of the molecule is CCNC(=O)C(Cc1ccccc1)N(Cc1ccc(Cl)c(Cl)c1)C(=O)COc1cccc(C)c1. The van der Waals surface area contributed by atoms with Gasteiger partial charge in [-0.3, -0.25) is 9.59 Å². The molecule has 0 saturated heterocycles. The summed E-state index contributed by atoms with van der Waals surface area (Å²) in [4.78, 5) is 28.1. The highest BCUT2D eigenvalue weighted by Gasteiger charge is 2.30. The average molecular weight is 499 g/mol. The Balaban J connectivity index is 1.91. The standard InChI is InChI=1S/C27H28Cl2N2O3/c1-3-30-27(33)25(16-20-9-5-4-6-10-20)31(17-21-12-13-23(28)24(29)15-21)26(32)18-34-22-11-7-8-19(2)14-22/h4-15,25H,3,16-18H2,1-2H3,(H,30,33). The molecule has 34 heavy (non-hydrogen) atoms. The van der Waals surface area contributed by atoms with Crippen molar-refractivity contribution in [1.82, 2.24) is 10.2 Å². The number of nitrogens with one attached hydrogen (secondary N) is 1. The minimum Gasteiger partial charge on any atom is -0.484 e. The number of nitrogens with zero attached hydrogens (tertiary/aromatic N) is 1. The van der Waals surface area contributed by atoms with Gasteiger partial charge in [-0.2, -0.15) is 0 Å². The van der Waals surface area contributed by atoms with Gasteiger partial charge in [0.05, 0.1) is 10.0 Å². The lowest BCUT2D eigenvalue weighted by atomic mass is 10.0. The second kappa shape index (κ2) is 12.4. The molecule has 0 fully saturated rings. The lowest BCUT2D eigenvalue weighted by molar-refractivity contribution is -0.142. The summed E-state index contributed by atoms with van der Waals surface area (Å²) >= 11 is 12.3. The number of carbonyl (C=O) groups is 2. The van der Waals surface area contributed by atoms with E-state index >= 15 is 0 Å². The number of ether oxygens (including phenoxy) is 1. The van der Waals surface area contributed by atoms with Gasteiger partial charge >= 0.3 is 0 Å². The summed E-state index contributed by atoms with van der Waals surface area (Å²) in [7, 11) is 0. The fraction of sp³-hybridized carbons (Fsp3) is 0.259. The second-order valence-corrected chi connectivity index (χ2v) is 8.79. The maximum Gasteiger partial charge on any atom is 0.261 e. The molecule has 0 aliphatic heterocycles. The third kappa shape index (κ3) is 7.24. The molecule has 0 aromatic heterocycles. The van der Waals surface area contributed by atoms with Crippen molar-refractivity contribution in [3.63, 3.8) is 0 Å². The molecule has 0 saturated carbocycles. The van der Waals surface area contributed by atoms with Crippen LogP contribution in [-0.2, 0) is 22.6 Å². The van der Waals surface area contributed by atoms with Gasteiger partial charge < -0.3 is 15.0 Å². The Morgan fingerprint density at radius 1 is 0.941 bits per heavy atom. The van der Waals surface area contributed by atoms with Crippen LogP contribution in [0, 0.1) is 6.92 Å². The zero-order chi connectivity index (χ0) is 24.5. The van der Waals surface area contributed by atoms with E-state index in [0.29, 0.717) is 28.8 Å². The maximum absolute atomic E-state index is 13.5. The molecular formula is C27H28Cl2N2O3. The third-order valence-electron chi connectivity index (χ3n) is 5.31. The summed E-state index contributed by atoms with van der Waals surface area (Å²) < 4.78 is 5.78. The van der Waals surface area contributed by atoms with Crippen molar-refractivity contribution in [1.29, 1.82) is 0 Å². The molecule has 0 aliphatic carbocycles. The largest absolute Gasteiger partial charge is 0.484 e. The first-order valence-electron chi connectivity index (χ1n) is 11.1. The number of halogens is 2. The average Bonchev–Trinajstić information content (AvgIpc) is 2.83. The first kappa shape index (κ1) is 25.6. The number of rotatable bonds is 10. The Labute approximate surface area is 210 Å². The van der Waals surface area contributed by atoms with Crippen LogP contribution in [0.2, 0.25) is 10.0 Å². The Hall–Kier alpha value is -3.02. The smallest absolute Gasteiger partial charge is 0.261 e. The minimum atomic E-state index is -0.731. The number of likely N-dealkylation sites (N-methyl/N-ethyl adjacent to an activating group) is 1. The van der Waals surface area contributed by atoms with Gasteiger partial charge in [0, 0.05) is 19.5 Å². The Kier molecular flexibility index (Phi) is 9.37. The molecule has 0 aliphatic rings. The number of aryl methyl sites for hydroxylation is 1. The molecule has 178 valence electrons. The van der Waals surface area contributed by atoms with Crippen LogP contribution in [-0.4, -0.2) is 35.9 Å². The molecule has 5 nitrogen and oxygen atoms in total. The van der Waals surface area contributed by atoms with Crippen LogP contribution >= 0.6 is 23.2 Å². The first-order chi connectivity index (χ1) is 16.4. The molecule has 1 unspecified atom stereocenters. The number of benzene rings is 3. The molecule has 3 aromatic carbocycles. The van der Waals surface area contributed by atoms with Crippen LogP contribution < -0.4 is 10.1 Å². The van der Waals surface area contributed by atoms with Gasteiger partial charge in [0.25, 0.3) is 5.91 Å². The fourth-order valence-electron chi connectivity index (χ4n) is 3.61. The molecule has 7 heteroatoms. The van der Waals surface area contributed by atoms with Crippen molar-refractivity contribution in [2.45, 2.75) is 32.9 Å². The van der Waals surface area contributed by atoms with Crippen LogP contribution in [0.25, 0.3) is 0 Å². The zero-order valence-electron chi connectivity index (χ0n) is 19.3. The highest BCUT2D eigenvalue weighted by atomic mass is 35.5.